The molecule has 6 nitrogen and oxygen atoms in total. The van der Waals surface area contributed by atoms with Crippen LogP contribution in [-0.2, 0) is 5.60 Å². The van der Waals surface area contributed by atoms with Crippen LogP contribution in [0.4, 0.5) is 0 Å². The quantitative estimate of drug-likeness (QED) is 0.821. The maximum Gasteiger partial charge on any atom is 0.254 e. The van der Waals surface area contributed by atoms with Gasteiger partial charge in [0.2, 0.25) is 0 Å². The van der Waals surface area contributed by atoms with Crippen LogP contribution in [0.15, 0.2) is 48.5 Å². The molecule has 2 aromatic carbocycles. The Kier molecular flexibility index (Phi) is 5.97. The molecule has 2 saturated heterocycles. The third-order valence-electron chi connectivity index (χ3n) is 6.48. The molecule has 1 N–H and O–H groups in total. The molecule has 0 bridgehead atoms. The highest BCUT2D eigenvalue weighted by Crippen LogP contribution is 2.38. The number of aliphatic hydroxyl groups is 1. The van der Waals surface area contributed by atoms with Gasteiger partial charge < -0.3 is 19.5 Å². The Bertz CT molecular complexity index is 882. The smallest absolute Gasteiger partial charge is 0.254 e. The molecule has 2 aromatic rings. The van der Waals surface area contributed by atoms with Crippen molar-refractivity contribution in [2.45, 2.75) is 30.9 Å². The number of piperidine rings is 1. The molecule has 160 valence electrons. The molecule has 6 heteroatoms. The van der Waals surface area contributed by atoms with Gasteiger partial charge in [0, 0.05) is 18.7 Å². The molecular formula is C24H30N2O4. The number of methoxy groups -OCH3 is 2. The fourth-order valence-electron chi connectivity index (χ4n) is 4.79. The minimum atomic E-state index is -0.958. The van der Waals surface area contributed by atoms with Gasteiger partial charge in [-0.15, -0.1) is 0 Å². The zero-order valence-electron chi connectivity index (χ0n) is 17.7. The van der Waals surface area contributed by atoms with Gasteiger partial charge in [-0.25, -0.2) is 0 Å². The molecular weight excluding hydrogens is 380 g/mol. The number of carbonyl (C=O) groups is 1. The maximum absolute atomic E-state index is 13.3. The first-order valence-electron chi connectivity index (χ1n) is 10.6. The molecule has 0 aromatic heterocycles. The van der Waals surface area contributed by atoms with Crippen LogP contribution in [0.1, 0.15) is 35.2 Å². The van der Waals surface area contributed by atoms with E-state index in [1.165, 1.54) is 0 Å². The first-order chi connectivity index (χ1) is 14.6. The highest BCUT2D eigenvalue weighted by atomic mass is 16.5. The summed E-state index contributed by atoms with van der Waals surface area (Å²) in [6.07, 6.45) is 2.77. The number of hydrogen-bond donors (Lipinski definition) is 1. The van der Waals surface area contributed by atoms with Crippen LogP contribution < -0.4 is 9.47 Å². The van der Waals surface area contributed by atoms with Crippen molar-refractivity contribution in [2.24, 2.45) is 0 Å². The Morgan fingerprint density at radius 2 is 1.70 bits per heavy atom. The van der Waals surface area contributed by atoms with E-state index in [0.717, 1.165) is 31.5 Å². The number of nitrogens with zero attached hydrogens (tertiary/aromatic N) is 2. The van der Waals surface area contributed by atoms with Crippen LogP contribution in [-0.4, -0.2) is 67.3 Å². The molecule has 2 atom stereocenters. The third-order valence-corrected chi connectivity index (χ3v) is 6.48. The first-order valence-corrected chi connectivity index (χ1v) is 10.6. The lowest BCUT2D eigenvalue weighted by atomic mass is 9.79. The standard InChI is InChI=1S/C24H30N2O4/c1-29-20-11-10-18(16-21(20)30-2)23(27)26-15-12-24(28,19-8-4-3-5-9-19)22(17-26)25-13-6-7-14-25/h3-5,8-11,16,22,28H,6-7,12-15,17H2,1-2H3/t22-,24+/m1/s1. The number of carbonyl (C=O) groups excluding carboxylic acids is 1. The lowest BCUT2D eigenvalue weighted by Gasteiger charge is -2.48. The number of benzene rings is 2. The van der Waals surface area contributed by atoms with E-state index in [1.54, 1.807) is 32.4 Å². The van der Waals surface area contributed by atoms with E-state index in [4.69, 9.17) is 9.47 Å². The SMILES string of the molecule is COc1ccc(C(=O)N2CC[C@](O)(c3ccccc3)[C@H](N3CCCC3)C2)cc1OC. The highest BCUT2D eigenvalue weighted by molar-refractivity contribution is 5.95. The van der Waals surface area contributed by atoms with E-state index in [9.17, 15) is 9.90 Å². The molecule has 0 radical (unpaired) electrons. The van der Waals surface area contributed by atoms with E-state index >= 15 is 0 Å². The first kappa shape index (κ1) is 20.7. The lowest BCUT2D eigenvalue weighted by molar-refractivity contribution is -0.0878. The van der Waals surface area contributed by atoms with E-state index in [2.05, 4.69) is 4.90 Å². The van der Waals surface area contributed by atoms with Crippen molar-refractivity contribution < 1.29 is 19.4 Å². The molecule has 0 unspecified atom stereocenters. The van der Waals surface area contributed by atoms with Gasteiger partial charge in [0.1, 0.15) is 5.60 Å². The molecule has 30 heavy (non-hydrogen) atoms. The van der Waals surface area contributed by atoms with E-state index in [0.29, 0.717) is 36.6 Å². The summed E-state index contributed by atoms with van der Waals surface area (Å²) in [7, 11) is 3.14. The van der Waals surface area contributed by atoms with E-state index in [1.807, 2.05) is 35.2 Å². The third kappa shape index (κ3) is 3.77. The zero-order chi connectivity index (χ0) is 21.1. The monoisotopic (exact) mass is 410 g/mol. The topological polar surface area (TPSA) is 62.2 Å². The van der Waals surface area contributed by atoms with Gasteiger partial charge >= 0.3 is 0 Å². The van der Waals surface area contributed by atoms with Gasteiger partial charge in [-0.1, -0.05) is 30.3 Å². The van der Waals surface area contributed by atoms with Crippen molar-refractivity contribution in [3.8, 4) is 11.5 Å². The van der Waals surface area contributed by atoms with Gasteiger partial charge in [0.15, 0.2) is 11.5 Å². The van der Waals surface area contributed by atoms with Crippen molar-refractivity contribution in [3.05, 3.63) is 59.7 Å². The molecule has 0 aliphatic carbocycles. The number of ether oxygens (including phenoxy) is 2. The summed E-state index contributed by atoms with van der Waals surface area (Å²) < 4.78 is 10.7. The molecule has 2 fully saturated rings. The fraction of sp³-hybridized carbons (Fsp3) is 0.458. The number of hydrogen-bond acceptors (Lipinski definition) is 5. The Morgan fingerprint density at radius 1 is 1.00 bits per heavy atom. The van der Waals surface area contributed by atoms with E-state index in [-0.39, 0.29) is 11.9 Å². The average Bonchev–Trinajstić information content (AvgIpc) is 3.33. The predicted octanol–water partition coefficient (Wildman–Crippen LogP) is 2.90. The largest absolute Gasteiger partial charge is 0.493 e. The minimum Gasteiger partial charge on any atom is -0.493 e. The molecule has 1 amide bonds. The summed E-state index contributed by atoms with van der Waals surface area (Å²) in [4.78, 5) is 17.5. The molecule has 2 aliphatic rings. The average molecular weight is 411 g/mol. The van der Waals surface area contributed by atoms with Gasteiger partial charge in [-0.05, 0) is 56.1 Å². The summed E-state index contributed by atoms with van der Waals surface area (Å²) in [5, 5.41) is 11.8. The number of likely N-dealkylation sites (tertiary alicyclic amines) is 2. The molecule has 2 heterocycles. The Hall–Kier alpha value is -2.57. The van der Waals surface area contributed by atoms with Crippen molar-refractivity contribution in [1.29, 1.82) is 0 Å². The Labute approximate surface area is 178 Å². The van der Waals surface area contributed by atoms with Crippen molar-refractivity contribution in [1.82, 2.24) is 9.80 Å². The Balaban J connectivity index is 1.60. The molecule has 4 rings (SSSR count). The van der Waals surface area contributed by atoms with Crippen LogP contribution in [0.3, 0.4) is 0 Å². The lowest BCUT2D eigenvalue weighted by Crippen LogP contribution is -2.61. The maximum atomic E-state index is 13.3. The highest BCUT2D eigenvalue weighted by Gasteiger charge is 2.47. The summed E-state index contributed by atoms with van der Waals surface area (Å²) in [6.45, 7) is 2.91. The van der Waals surface area contributed by atoms with Crippen LogP contribution in [0.25, 0.3) is 0 Å². The Morgan fingerprint density at radius 3 is 2.37 bits per heavy atom. The summed E-state index contributed by atoms with van der Waals surface area (Å²) in [5.74, 6) is 1.09. The van der Waals surface area contributed by atoms with Crippen LogP contribution in [0, 0.1) is 0 Å². The molecule has 0 spiro atoms. The molecule has 0 saturated carbocycles. The van der Waals surface area contributed by atoms with Gasteiger partial charge in [0.05, 0.1) is 20.3 Å². The predicted molar refractivity (Wildman–Crippen MR) is 115 cm³/mol. The normalized spacial score (nSPS) is 24.6. The minimum absolute atomic E-state index is 0.0461. The summed E-state index contributed by atoms with van der Waals surface area (Å²) in [5.41, 5.74) is 0.540. The summed E-state index contributed by atoms with van der Waals surface area (Å²) in [6, 6.07) is 15.0. The van der Waals surface area contributed by atoms with Gasteiger partial charge in [-0.3, -0.25) is 9.69 Å². The van der Waals surface area contributed by atoms with Gasteiger partial charge in [0.25, 0.3) is 5.91 Å². The van der Waals surface area contributed by atoms with Crippen molar-refractivity contribution >= 4 is 5.91 Å². The van der Waals surface area contributed by atoms with E-state index < -0.39 is 5.60 Å². The fourth-order valence-corrected chi connectivity index (χ4v) is 4.79. The molecule has 2 aliphatic heterocycles. The summed E-state index contributed by atoms with van der Waals surface area (Å²) >= 11 is 0. The van der Waals surface area contributed by atoms with Gasteiger partial charge in [-0.2, -0.15) is 0 Å². The zero-order valence-corrected chi connectivity index (χ0v) is 17.7. The van der Waals surface area contributed by atoms with Crippen molar-refractivity contribution in [2.75, 3.05) is 40.4 Å². The second-order valence-corrected chi connectivity index (χ2v) is 8.12. The van der Waals surface area contributed by atoms with Crippen LogP contribution >= 0.6 is 0 Å². The second kappa shape index (κ2) is 8.66. The second-order valence-electron chi connectivity index (χ2n) is 8.12. The van der Waals surface area contributed by atoms with Crippen LogP contribution in [0.2, 0.25) is 0 Å². The number of rotatable bonds is 5. The van der Waals surface area contributed by atoms with Crippen molar-refractivity contribution in [3.63, 3.8) is 0 Å². The number of amides is 1. The van der Waals surface area contributed by atoms with Crippen LogP contribution in [0.5, 0.6) is 11.5 Å².